The van der Waals surface area contributed by atoms with Crippen LogP contribution in [0.15, 0.2) is 47.6 Å². The van der Waals surface area contributed by atoms with Gasteiger partial charge in [-0.15, -0.1) is 10.2 Å². The summed E-state index contributed by atoms with van der Waals surface area (Å²) in [7, 11) is 0.105. The molecule has 1 aliphatic heterocycles. The lowest BCUT2D eigenvalue weighted by Gasteiger charge is -2.38. The molecule has 13 heteroatoms. The number of carbonyl (C=O) groups excluding carboxylic acids is 1. The Bertz CT molecular complexity index is 1530. The molecule has 4 rings (SSSR count). The summed E-state index contributed by atoms with van der Waals surface area (Å²) in [6.45, 7) is 19.3. The lowest BCUT2D eigenvalue weighted by Crippen LogP contribution is -2.46. The molecule has 1 aliphatic rings. The molecule has 46 heavy (non-hydrogen) atoms. The Labute approximate surface area is 283 Å². The number of likely N-dealkylation sites (N-methyl/N-ethyl adjacent to an activating group) is 1. The smallest absolute Gasteiger partial charge is 0.219 e. The molecule has 1 amide bonds. The van der Waals surface area contributed by atoms with Crippen LogP contribution in [0.25, 0.3) is 11.3 Å². The Morgan fingerprint density at radius 1 is 1.11 bits per heavy atom. The van der Waals surface area contributed by atoms with Crippen LogP contribution in [0.3, 0.4) is 0 Å². The van der Waals surface area contributed by atoms with Crippen LogP contribution in [-0.4, -0.2) is 83.8 Å². The van der Waals surface area contributed by atoms with E-state index >= 15 is 0 Å². The maximum atomic E-state index is 14.9. The molecule has 0 aliphatic carbocycles. The molecule has 2 aromatic heterocycles. The molecule has 1 unspecified atom stereocenters. The van der Waals surface area contributed by atoms with Crippen LogP contribution in [0.2, 0.25) is 23.2 Å². The van der Waals surface area contributed by atoms with Gasteiger partial charge in [0.25, 0.3) is 0 Å². The molecule has 250 valence electrons. The van der Waals surface area contributed by atoms with Crippen LogP contribution in [0, 0.1) is 5.82 Å². The van der Waals surface area contributed by atoms with E-state index in [1.165, 1.54) is 12.1 Å². The number of thioether (sulfide) groups is 1. The van der Waals surface area contributed by atoms with E-state index in [0.717, 1.165) is 37.6 Å². The van der Waals surface area contributed by atoms with Crippen LogP contribution in [0.1, 0.15) is 52.8 Å². The number of nitrogens with two attached hydrogens (primary N) is 1. The molecule has 1 saturated heterocycles. The van der Waals surface area contributed by atoms with E-state index in [9.17, 15) is 9.18 Å². The highest BCUT2D eigenvalue weighted by Crippen LogP contribution is 2.42. The highest BCUT2D eigenvalue weighted by molar-refractivity contribution is 8.00. The summed E-state index contributed by atoms with van der Waals surface area (Å²) < 4.78 is 21.2. The second-order valence-corrected chi connectivity index (χ2v) is 21.0. The number of carbonyl (C=O) groups is 1. The number of nitrogens with zero attached hydrogens (tertiary/aromatic N) is 5. The molecule has 3 heterocycles. The number of halogens is 2. The molecule has 1 aromatic carbocycles. The number of amides is 1. The molecule has 3 N–H and O–H groups in total. The van der Waals surface area contributed by atoms with Crippen molar-refractivity contribution >= 4 is 49.0 Å². The minimum Gasteiger partial charge on any atom is -0.415 e. The minimum absolute atomic E-state index is 0.0818. The quantitative estimate of drug-likeness (QED) is 0.152. The van der Waals surface area contributed by atoms with Gasteiger partial charge in [-0.05, 0) is 75.4 Å². The molecular formula is C33H47ClFN7O2SSi. The summed E-state index contributed by atoms with van der Waals surface area (Å²) in [5, 5.41) is 13.6. The Kier molecular flexibility index (Phi) is 11.5. The number of benzene rings is 1. The van der Waals surface area contributed by atoms with Gasteiger partial charge >= 0.3 is 0 Å². The topological polar surface area (TPSA) is 110 Å². The van der Waals surface area contributed by atoms with Gasteiger partial charge in [-0.25, -0.2) is 4.39 Å². The average Bonchev–Trinajstić information content (AvgIpc) is 2.97. The molecule has 3 aromatic rings. The zero-order valence-electron chi connectivity index (χ0n) is 28.2. The first-order valence-electron chi connectivity index (χ1n) is 15.5. The van der Waals surface area contributed by atoms with Gasteiger partial charge in [0.15, 0.2) is 8.32 Å². The average molecular weight is 688 g/mol. The van der Waals surface area contributed by atoms with Crippen LogP contribution in [0.5, 0.6) is 0 Å². The summed E-state index contributed by atoms with van der Waals surface area (Å²) >= 11 is 7.77. The number of anilines is 2. The molecular weight excluding hydrogens is 641 g/mol. The Morgan fingerprint density at radius 2 is 1.80 bits per heavy atom. The normalized spacial score (nSPS) is 16.0. The first-order valence-corrected chi connectivity index (χ1v) is 19.6. The first kappa shape index (κ1) is 36.2. The third-order valence-electron chi connectivity index (χ3n) is 8.70. The van der Waals surface area contributed by atoms with Crippen molar-refractivity contribution < 1.29 is 13.6 Å². The van der Waals surface area contributed by atoms with Crippen molar-refractivity contribution in [3.05, 3.63) is 59.1 Å². The highest BCUT2D eigenvalue weighted by atomic mass is 35.5. The van der Waals surface area contributed by atoms with Gasteiger partial charge in [0.1, 0.15) is 10.8 Å². The number of rotatable bonds is 12. The largest absolute Gasteiger partial charge is 0.415 e. The van der Waals surface area contributed by atoms with Gasteiger partial charge in [0, 0.05) is 66.4 Å². The Balaban J connectivity index is 1.69. The highest BCUT2D eigenvalue weighted by Gasteiger charge is 2.39. The van der Waals surface area contributed by atoms with Gasteiger partial charge in [0.2, 0.25) is 5.91 Å². The van der Waals surface area contributed by atoms with Crippen LogP contribution < -0.4 is 11.1 Å². The molecule has 1 atom stereocenters. The number of aromatic nitrogens is 3. The van der Waals surface area contributed by atoms with E-state index in [1.807, 2.05) is 12.1 Å². The number of nitrogens with one attached hydrogen (secondary N) is 1. The van der Waals surface area contributed by atoms with E-state index in [2.05, 4.69) is 85.1 Å². The summed E-state index contributed by atoms with van der Waals surface area (Å²) in [5.41, 5.74) is 8.44. The fourth-order valence-corrected chi connectivity index (χ4v) is 7.22. The summed E-state index contributed by atoms with van der Waals surface area (Å²) in [6.07, 6.45) is 1.89. The van der Waals surface area contributed by atoms with Crippen molar-refractivity contribution in [1.29, 1.82) is 0 Å². The van der Waals surface area contributed by atoms with Crippen molar-refractivity contribution in [3.8, 4) is 11.3 Å². The number of hydrogen-bond acceptors (Lipinski definition) is 9. The fraction of sp³-hybridized carbons (Fsp3) is 0.515. The lowest BCUT2D eigenvalue weighted by atomic mass is 10.1. The van der Waals surface area contributed by atoms with Crippen molar-refractivity contribution in [2.45, 2.75) is 75.0 Å². The zero-order valence-corrected chi connectivity index (χ0v) is 30.7. The van der Waals surface area contributed by atoms with E-state index in [4.69, 9.17) is 21.8 Å². The first-order chi connectivity index (χ1) is 21.4. The maximum absolute atomic E-state index is 14.9. The Morgan fingerprint density at radius 3 is 2.46 bits per heavy atom. The van der Waals surface area contributed by atoms with Crippen LogP contribution >= 0.6 is 23.4 Å². The monoisotopic (exact) mass is 687 g/mol. The van der Waals surface area contributed by atoms with Crippen molar-refractivity contribution in [2.24, 2.45) is 5.73 Å². The third kappa shape index (κ3) is 9.48. The van der Waals surface area contributed by atoms with Crippen LogP contribution in [0.4, 0.5) is 15.8 Å². The van der Waals surface area contributed by atoms with Gasteiger partial charge in [-0.2, -0.15) is 0 Å². The molecule has 0 saturated carbocycles. The summed E-state index contributed by atoms with van der Waals surface area (Å²) in [4.78, 5) is 21.3. The number of piperazine rings is 1. The third-order valence-corrected chi connectivity index (χ3v) is 14.6. The van der Waals surface area contributed by atoms with Crippen molar-refractivity contribution in [2.75, 3.05) is 45.2 Å². The van der Waals surface area contributed by atoms with Gasteiger partial charge in [-0.3, -0.25) is 14.7 Å². The molecule has 0 radical (unpaired) electrons. The number of pyridine rings is 1. The number of primary amides is 1. The van der Waals surface area contributed by atoms with E-state index in [1.54, 1.807) is 30.1 Å². The second-order valence-electron chi connectivity index (χ2n) is 14.1. The van der Waals surface area contributed by atoms with Crippen LogP contribution in [-0.2, 0) is 9.22 Å². The number of hydrogen-bond donors (Lipinski definition) is 2. The minimum atomic E-state index is -1.98. The predicted molar refractivity (Wildman–Crippen MR) is 189 cm³/mol. The van der Waals surface area contributed by atoms with E-state index in [0.29, 0.717) is 28.0 Å². The predicted octanol–water partition coefficient (Wildman–Crippen LogP) is 7.13. The second kappa shape index (κ2) is 14.7. The van der Waals surface area contributed by atoms with Gasteiger partial charge in [0.05, 0.1) is 23.1 Å². The SMILES string of the molecule is CN1CCN(C(CC(N)=O)c2cc(Nc3cc(-c4cc(Cl)ccc4F)nnc3SC(C)(C)CO[Si](C)(C)C(C)(C)C)ccn2)CC1. The van der Waals surface area contributed by atoms with Gasteiger partial charge in [-0.1, -0.05) is 44.1 Å². The Hall–Kier alpha value is -2.61. The van der Waals surface area contributed by atoms with Crippen molar-refractivity contribution in [1.82, 2.24) is 25.0 Å². The fourth-order valence-electron chi connectivity index (χ4n) is 4.84. The standard InChI is InChI=1S/C33H47ClFN7O2SSi/c1-32(2,3)46(7,8)44-21-33(4,5)45-31-28(19-26(39-40-31)24-17-22(34)9-10-25(24)35)38-23-11-12-37-27(18-23)29(20-30(36)43)42-15-13-41(6)14-16-42/h9-12,17-19,29H,13-16,20-21H2,1-8H3,(H2,36,43)(H,37,38,39). The lowest BCUT2D eigenvalue weighted by molar-refractivity contribution is -0.119. The van der Waals surface area contributed by atoms with E-state index < -0.39 is 14.1 Å². The molecule has 1 fully saturated rings. The zero-order chi connectivity index (χ0) is 33.9. The molecule has 9 nitrogen and oxygen atoms in total. The molecule has 0 bridgehead atoms. The maximum Gasteiger partial charge on any atom is 0.219 e. The van der Waals surface area contributed by atoms with Crippen molar-refractivity contribution in [3.63, 3.8) is 0 Å². The van der Waals surface area contributed by atoms with Gasteiger partial charge < -0.3 is 20.4 Å². The summed E-state index contributed by atoms with van der Waals surface area (Å²) in [6, 6.07) is 9.70. The molecule has 0 spiro atoms. The summed E-state index contributed by atoms with van der Waals surface area (Å²) in [5.74, 6) is -0.822. The van der Waals surface area contributed by atoms with E-state index in [-0.39, 0.29) is 33.7 Å².